The minimum Gasteiger partial charge on any atom is -0.468 e. The first kappa shape index (κ1) is 14.1. The maximum Gasteiger partial charge on any atom is 0.319 e. The highest BCUT2D eigenvalue weighted by molar-refractivity contribution is 9.10. The summed E-state index contributed by atoms with van der Waals surface area (Å²) in [6.45, 7) is -0.0336. The Balaban J connectivity index is 2.81. The predicted octanol–water partition coefficient (Wildman–Crippen LogP) is 2.33. The number of carbonyl (C=O) groups is 1. The molecular weight excluding hydrogens is 296 g/mol. The third-order valence-electron chi connectivity index (χ3n) is 2.19. The lowest BCUT2D eigenvalue weighted by Crippen LogP contribution is -2.27. The number of hydrogen-bond acceptors (Lipinski definition) is 3. The normalized spacial score (nSPS) is 10.7. The quantitative estimate of drug-likeness (QED) is 0.631. The first-order chi connectivity index (χ1) is 7.95. The van der Waals surface area contributed by atoms with Gasteiger partial charge in [0.2, 0.25) is 0 Å². The molecule has 6 heteroatoms. The molecule has 0 N–H and O–H groups in total. The maximum atomic E-state index is 13.6. The van der Waals surface area contributed by atoms with Gasteiger partial charge in [0.25, 0.3) is 0 Å². The van der Waals surface area contributed by atoms with E-state index in [0.29, 0.717) is 0 Å². The number of halogens is 3. The van der Waals surface area contributed by atoms with Crippen molar-refractivity contribution in [2.75, 3.05) is 20.7 Å². The van der Waals surface area contributed by atoms with Crippen LogP contribution in [0.1, 0.15) is 5.56 Å². The second kappa shape index (κ2) is 6.07. The van der Waals surface area contributed by atoms with E-state index in [0.717, 1.165) is 0 Å². The van der Waals surface area contributed by atoms with Gasteiger partial charge in [-0.1, -0.05) is 0 Å². The molecule has 0 radical (unpaired) electrons. The van der Waals surface area contributed by atoms with Gasteiger partial charge in [0.1, 0.15) is 11.6 Å². The maximum absolute atomic E-state index is 13.6. The molecule has 3 nitrogen and oxygen atoms in total. The Kier molecular flexibility index (Phi) is 5.02. The summed E-state index contributed by atoms with van der Waals surface area (Å²) in [6.07, 6.45) is 0. The summed E-state index contributed by atoms with van der Waals surface area (Å²) in [5.41, 5.74) is -0.0780. The lowest BCUT2D eigenvalue weighted by atomic mass is 10.2. The molecule has 0 bridgehead atoms. The van der Waals surface area contributed by atoms with E-state index >= 15 is 0 Å². The minimum absolute atomic E-state index is 0.00773. The molecule has 0 atom stereocenters. The number of likely N-dealkylation sites (N-methyl/N-ethyl adjacent to an activating group) is 1. The average Bonchev–Trinajstić information content (AvgIpc) is 2.29. The van der Waals surface area contributed by atoms with Crippen LogP contribution in [0.5, 0.6) is 0 Å². The van der Waals surface area contributed by atoms with Crippen molar-refractivity contribution >= 4 is 21.9 Å². The van der Waals surface area contributed by atoms with Crippen LogP contribution in [0.25, 0.3) is 0 Å². The third-order valence-corrected chi connectivity index (χ3v) is 2.81. The number of benzene rings is 1. The molecule has 0 saturated heterocycles. The molecule has 0 aliphatic heterocycles. The lowest BCUT2D eigenvalue weighted by Gasteiger charge is -2.16. The van der Waals surface area contributed by atoms with Crippen LogP contribution in [0.4, 0.5) is 8.78 Å². The van der Waals surface area contributed by atoms with E-state index in [9.17, 15) is 13.6 Å². The van der Waals surface area contributed by atoms with Crippen LogP contribution in [0.3, 0.4) is 0 Å². The summed E-state index contributed by atoms with van der Waals surface area (Å²) in [4.78, 5) is 12.5. The molecule has 0 unspecified atom stereocenters. The van der Waals surface area contributed by atoms with Gasteiger partial charge in [-0.05, 0) is 35.1 Å². The molecule has 0 aromatic heterocycles. The average molecular weight is 308 g/mol. The Hall–Kier alpha value is -1.01. The Labute approximate surface area is 106 Å². The van der Waals surface area contributed by atoms with Crippen molar-refractivity contribution < 1.29 is 18.3 Å². The molecule has 0 fully saturated rings. The number of esters is 1. The Morgan fingerprint density at radius 1 is 1.47 bits per heavy atom. The first-order valence-electron chi connectivity index (χ1n) is 4.83. The smallest absolute Gasteiger partial charge is 0.319 e. The summed E-state index contributed by atoms with van der Waals surface area (Å²) >= 11 is 2.98. The Morgan fingerprint density at radius 2 is 2.12 bits per heavy atom. The molecule has 0 spiro atoms. The number of carbonyl (C=O) groups excluding carboxylic acids is 1. The SMILES string of the molecule is COC(=O)CN(C)Cc1c(F)ccc(Br)c1F. The van der Waals surface area contributed by atoms with Crippen LogP contribution in [0.15, 0.2) is 16.6 Å². The number of hydrogen-bond donors (Lipinski definition) is 0. The van der Waals surface area contributed by atoms with E-state index in [1.807, 2.05) is 0 Å². The molecule has 1 aromatic rings. The molecule has 0 aliphatic rings. The van der Waals surface area contributed by atoms with E-state index in [-0.39, 0.29) is 23.1 Å². The van der Waals surface area contributed by atoms with E-state index in [1.165, 1.54) is 24.1 Å². The van der Waals surface area contributed by atoms with Gasteiger partial charge in [0.05, 0.1) is 18.1 Å². The zero-order chi connectivity index (χ0) is 13.0. The largest absolute Gasteiger partial charge is 0.468 e. The number of nitrogens with zero attached hydrogens (tertiary/aromatic N) is 1. The van der Waals surface area contributed by atoms with Gasteiger partial charge in [0.15, 0.2) is 0 Å². The minimum atomic E-state index is -0.651. The van der Waals surface area contributed by atoms with Gasteiger partial charge in [-0.15, -0.1) is 0 Å². The van der Waals surface area contributed by atoms with Crippen molar-refractivity contribution in [2.45, 2.75) is 6.54 Å². The van der Waals surface area contributed by atoms with Gasteiger partial charge in [-0.25, -0.2) is 8.78 Å². The van der Waals surface area contributed by atoms with Crippen LogP contribution >= 0.6 is 15.9 Å². The Morgan fingerprint density at radius 3 is 2.71 bits per heavy atom. The summed E-state index contributed by atoms with van der Waals surface area (Å²) in [5.74, 6) is -1.74. The van der Waals surface area contributed by atoms with Crippen molar-refractivity contribution in [3.8, 4) is 0 Å². The number of methoxy groups -OCH3 is 1. The van der Waals surface area contributed by atoms with E-state index in [4.69, 9.17) is 0 Å². The first-order valence-corrected chi connectivity index (χ1v) is 5.62. The fraction of sp³-hybridized carbons (Fsp3) is 0.364. The summed E-state index contributed by atoms with van der Waals surface area (Å²) in [5, 5.41) is 0. The van der Waals surface area contributed by atoms with Crippen molar-refractivity contribution in [2.24, 2.45) is 0 Å². The van der Waals surface area contributed by atoms with Crippen molar-refractivity contribution in [1.82, 2.24) is 4.90 Å². The standard InChI is InChI=1S/C11H12BrF2NO2/c1-15(6-10(16)17-2)5-7-9(13)4-3-8(12)11(7)14/h3-4H,5-6H2,1-2H3. The molecule has 0 amide bonds. The lowest BCUT2D eigenvalue weighted by molar-refractivity contribution is -0.141. The van der Waals surface area contributed by atoms with Gasteiger partial charge in [-0.3, -0.25) is 9.69 Å². The Bertz CT molecular complexity index is 426. The zero-order valence-electron chi connectivity index (χ0n) is 9.47. The van der Waals surface area contributed by atoms with Crippen LogP contribution in [-0.2, 0) is 16.1 Å². The fourth-order valence-electron chi connectivity index (χ4n) is 1.32. The molecule has 1 aromatic carbocycles. The fourth-order valence-corrected chi connectivity index (χ4v) is 1.70. The molecule has 0 aliphatic carbocycles. The molecule has 0 saturated carbocycles. The molecule has 0 heterocycles. The third kappa shape index (κ3) is 3.74. The molecule has 94 valence electrons. The zero-order valence-corrected chi connectivity index (χ0v) is 11.1. The van der Waals surface area contributed by atoms with E-state index in [2.05, 4.69) is 20.7 Å². The highest BCUT2D eigenvalue weighted by Gasteiger charge is 2.15. The van der Waals surface area contributed by atoms with E-state index < -0.39 is 17.6 Å². The van der Waals surface area contributed by atoms with Gasteiger partial charge in [0, 0.05) is 12.1 Å². The predicted molar refractivity (Wildman–Crippen MR) is 62.4 cm³/mol. The molecule has 1 rings (SSSR count). The summed E-state index contributed by atoms with van der Waals surface area (Å²) < 4.78 is 31.7. The highest BCUT2D eigenvalue weighted by Crippen LogP contribution is 2.22. The van der Waals surface area contributed by atoms with Crippen LogP contribution in [0, 0.1) is 11.6 Å². The van der Waals surface area contributed by atoms with Crippen LogP contribution < -0.4 is 0 Å². The number of rotatable bonds is 4. The van der Waals surface area contributed by atoms with Gasteiger partial charge >= 0.3 is 5.97 Å². The monoisotopic (exact) mass is 307 g/mol. The van der Waals surface area contributed by atoms with Crippen molar-refractivity contribution in [3.05, 3.63) is 33.8 Å². The van der Waals surface area contributed by atoms with Crippen LogP contribution in [0.2, 0.25) is 0 Å². The summed E-state index contributed by atoms with van der Waals surface area (Å²) in [6, 6.07) is 2.48. The van der Waals surface area contributed by atoms with Gasteiger partial charge in [-0.2, -0.15) is 0 Å². The van der Waals surface area contributed by atoms with Gasteiger partial charge < -0.3 is 4.74 Å². The van der Waals surface area contributed by atoms with Crippen LogP contribution in [-0.4, -0.2) is 31.6 Å². The van der Waals surface area contributed by atoms with Crippen molar-refractivity contribution in [1.29, 1.82) is 0 Å². The molecule has 17 heavy (non-hydrogen) atoms. The second-order valence-electron chi connectivity index (χ2n) is 3.57. The van der Waals surface area contributed by atoms with Crippen molar-refractivity contribution in [3.63, 3.8) is 0 Å². The topological polar surface area (TPSA) is 29.5 Å². The second-order valence-corrected chi connectivity index (χ2v) is 4.42. The molecular formula is C11H12BrF2NO2. The van der Waals surface area contributed by atoms with E-state index in [1.54, 1.807) is 7.05 Å². The highest BCUT2D eigenvalue weighted by atomic mass is 79.9. The summed E-state index contributed by atoms with van der Waals surface area (Å²) in [7, 11) is 2.84. The number of ether oxygens (including phenoxy) is 1.